The molecule has 78 valence electrons. The maximum atomic E-state index is 5.73. The second-order valence-electron chi connectivity index (χ2n) is 2.73. The number of ether oxygens (including phenoxy) is 3. The molecular weight excluding hydrogens is 184 g/mol. The van der Waals surface area contributed by atoms with Crippen molar-refractivity contribution in [1.82, 2.24) is 4.98 Å². The van der Waals surface area contributed by atoms with Crippen molar-refractivity contribution in [2.75, 3.05) is 26.7 Å². The lowest BCUT2D eigenvalue weighted by atomic mass is 10.2. The van der Waals surface area contributed by atoms with Crippen LogP contribution in [0.1, 0.15) is 5.56 Å². The van der Waals surface area contributed by atoms with Gasteiger partial charge in [0.05, 0.1) is 7.11 Å². The van der Waals surface area contributed by atoms with Gasteiger partial charge in [0.15, 0.2) is 6.79 Å². The third kappa shape index (κ3) is 2.26. The van der Waals surface area contributed by atoms with Crippen LogP contribution in [-0.4, -0.2) is 26.0 Å². The van der Waals surface area contributed by atoms with Crippen LogP contribution in [0.25, 0.3) is 0 Å². The fourth-order valence-corrected chi connectivity index (χ4v) is 0.941. The number of nitrogens with zero attached hydrogens (tertiary/aromatic N) is 1. The van der Waals surface area contributed by atoms with Crippen molar-refractivity contribution in [3.05, 3.63) is 11.6 Å². The lowest BCUT2D eigenvalue weighted by Crippen LogP contribution is -2.05. The summed E-state index contributed by atoms with van der Waals surface area (Å²) in [6.07, 6.45) is 0. The van der Waals surface area contributed by atoms with Crippen LogP contribution in [0.4, 0.5) is 5.69 Å². The first-order valence-corrected chi connectivity index (χ1v) is 4.12. The molecule has 0 aliphatic carbocycles. The van der Waals surface area contributed by atoms with E-state index in [2.05, 4.69) is 4.98 Å². The third-order valence-corrected chi connectivity index (χ3v) is 1.77. The number of nitrogens with two attached hydrogens (primary N) is 1. The largest absolute Gasteiger partial charge is 0.481 e. The van der Waals surface area contributed by atoms with Crippen molar-refractivity contribution in [1.29, 1.82) is 0 Å². The molecule has 0 aliphatic rings. The minimum atomic E-state index is 0.139. The standard InChI is InChI=1S/C9H14N2O3/c1-6-7(10)4-8(13-3)11-9(6)14-5-12-2/h4H,5H2,1-3H3,(H2,10,11). The predicted molar refractivity (Wildman–Crippen MR) is 52.4 cm³/mol. The number of methoxy groups -OCH3 is 2. The number of rotatable bonds is 4. The molecule has 1 rings (SSSR count). The summed E-state index contributed by atoms with van der Waals surface area (Å²) in [5.74, 6) is 0.864. The summed E-state index contributed by atoms with van der Waals surface area (Å²) >= 11 is 0. The number of anilines is 1. The second kappa shape index (κ2) is 4.66. The summed E-state index contributed by atoms with van der Waals surface area (Å²) in [4.78, 5) is 4.08. The minimum Gasteiger partial charge on any atom is -0.481 e. The molecule has 0 radical (unpaired) electrons. The van der Waals surface area contributed by atoms with Gasteiger partial charge < -0.3 is 19.9 Å². The summed E-state index contributed by atoms with van der Waals surface area (Å²) < 4.78 is 14.9. The third-order valence-electron chi connectivity index (χ3n) is 1.77. The zero-order chi connectivity index (χ0) is 10.6. The molecule has 1 aromatic rings. The Labute approximate surface area is 82.8 Å². The fraction of sp³-hybridized carbons (Fsp3) is 0.444. The van der Waals surface area contributed by atoms with E-state index < -0.39 is 0 Å². The van der Waals surface area contributed by atoms with Crippen LogP contribution in [0.15, 0.2) is 6.07 Å². The zero-order valence-corrected chi connectivity index (χ0v) is 8.53. The van der Waals surface area contributed by atoms with Crippen molar-refractivity contribution in [3.63, 3.8) is 0 Å². The highest BCUT2D eigenvalue weighted by atomic mass is 16.7. The summed E-state index contributed by atoms with van der Waals surface area (Å²) in [5, 5.41) is 0. The van der Waals surface area contributed by atoms with Gasteiger partial charge in [0, 0.05) is 24.4 Å². The summed E-state index contributed by atoms with van der Waals surface area (Å²) in [7, 11) is 3.07. The van der Waals surface area contributed by atoms with Gasteiger partial charge in [0.1, 0.15) is 0 Å². The molecule has 5 heteroatoms. The molecule has 0 amide bonds. The van der Waals surface area contributed by atoms with Gasteiger partial charge in [-0.1, -0.05) is 0 Å². The molecule has 0 aliphatic heterocycles. The minimum absolute atomic E-state index is 0.139. The van der Waals surface area contributed by atoms with Crippen molar-refractivity contribution in [3.8, 4) is 11.8 Å². The Bertz CT molecular complexity index is 315. The van der Waals surface area contributed by atoms with Gasteiger partial charge >= 0.3 is 0 Å². The van der Waals surface area contributed by atoms with Gasteiger partial charge in [0.2, 0.25) is 11.8 Å². The number of hydrogen-bond donors (Lipinski definition) is 1. The van der Waals surface area contributed by atoms with Crippen LogP contribution in [0.3, 0.4) is 0 Å². The molecule has 1 aromatic heterocycles. The fourth-order valence-electron chi connectivity index (χ4n) is 0.941. The normalized spacial score (nSPS) is 9.93. The SMILES string of the molecule is COCOc1nc(OC)cc(N)c1C. The Morgan fingerprint density at radius 3 is 2.71 bits per heavy atom. The lowest BCUT2D eigenvalue weighted by molar-refractivity contribution is 0.0469. The monoisotopic (exact) mass is 198 g/mol. The topological polar surface area (TPSA) is 66.6 Å². The molecule has 2 N–H and O–H groups in total. The average molecular weight is 198 g/mol. The molecule has 0 bridgehead atoms. The number of aromatic nitrogens is 1. The Morgan fingerprint density at radius 1 is 1.43 bits per heavy atom. The molecule has 0 saturated carbocycles. The van der Waals surface area contributed by atoms with Gasteiger partial charge in [-0.25, -0.2) is 0 Å². The summed E-state index contributed by atoms with van der Waals surface area (Å²) in [6.45, 7) is 1.97. The van der Waals surface area contributed by atoms with E-state index in [0.717, 1.165) is 5.56 Å². The van der Waals surface area contributed by atoms with Gasteiger partial charge in [-0.2, -0.15) is 4.98 Å². The molecule has 0 saturated heterocycles. The van der Waals surface area contributed by atoms with Crippen LogP contribution in [-0.2, 0) is 4.74 Å². The highest BCUT2D eigenvalue weighted by Gasteiger charge is 2.07. The molecule has 0 spiro atoms. The molecule has 0 aromatic carbocycles. The summed E-state index contributed by atoms with van der Waals surface area (Å²) in [5.41, 5.74) is 7.09. The predicted octanol–water partition coefficient (Wildman–Crippen LogP) is 0.964. The van der Waals surface area contributed by atoms with Crippen LogP contribution in [0.2, 0.25) is 0 Å². The molecule has 1 heterocycles. The van der Waals surface area contributed by atoms with Crippen molar-refractivity contribution >= 4 is 5.69 Å². The van der Waals surface area contributed by atoms with Crippen LogP contribution >= 0.6 is 0 Å². The zero-order valence-electron chi connectivity index (χ0n) is 8.53. The van der Waals surface area contributed by atoms with E-state index >= 15 is 0 Å². The van der Waals surface area contributed by atoms with E-state index in [1.807, 2.05) is 6.92 Å². The van der Waals surface area contributed by atoms with Crippen LogP contribution in [0.5, 0.6) is 11.8 Å². The lowest BCUT2D eigenvalue weighted by Gasteiger charge is -2.10. The van der Waals surface area contributed by atoms with E-state index in [4.69, 9.17) is 19.9 Å². The second-order valence-corrected chi connectivity index (χ2v) is 2.73. The molecule has 14 heavy (non-hydrogen) atoms. The van der Waals surface area contributed by atoms with Crippen molar-refractivity contribution in [2.45, 2.75) is 6.92 Å². The quantitative estimate of drug-likeness (QED) is 0.730. The van der Waals surface area contributed by atoms with Crippen LogP contribution in [0, 0.1) is 6.92 Å². The Morgan fingerprint density at radius 2 is 2.14 bits per heavy atom. The first kappa shape index (κ1) is 10.6. The van der Waals surface area contributed by atoms with Gasteiger partial charge in [-0.05, 0) is 6.92 Å². The van der Waals surface area contributed by atoms with Crippen molar-refractivity contribution < 1.29 is 14.2 Å². The molecule has 0 unspecified atom stereocenters. The van der Waals surface area contributed by atoms with E-state index in [1.165, 1.54) is 7.11 Å². The van der Waals surface area contributed by atoms with E-state index in [9.17, 15) is 0 Å². The van der Waals surface area contributed by atoms with Gasteiger partial charge in [-0.3, -0.25) is 0 Å². The van der Waals surface area contributed by atoms with E-state index in [0.29, 0.717) is 17.4 Å². The maximum Gasteiger partial charge on any atom is 0.223 e. The number of pyridine rings is 1. The molecular formula is C9H14N2O3. The Kier molecular flexibility index (Phi) is 3.53. The van der Waals surface area contributed by atoms with Crippen molar-refractivity contribution in [2.24, 2.45) is 0 Å². The van der Waals surface area contributed by atoms with Crippen LogP contribution < -0.4 is 15.2 Å². The molecule has 0 atom stereocenters. The maximum absolute atomic E-state index is 5.73. The Hall–Kier alpha value is -1.49. The highest BCUT2D eigenvalue weighted by Crippen LogP contribution is 2.25. The smallest absolute Gasteiger partial charge is 0.223 e. The average Bonchev–Trinajstić information content (AvgIpc) is 2.20. The number of hydrogen-bond acceptors (Lipinski definition) is 5. The first-order valence-electron chi connectivity index (χ1n) is 4.12. The van der Waals surface area contributed by atoms with E-state index in [1.54, 1.807) is 13.2 Å². The first-order chi connectivity index (χ1) is 6.69. The summed E-state index contributed by atoms with van der Waals surface area (Å²) in [6, 6.07) is 1.65. The van der Waals surface area contributed by atoms with Gasteiger partial charge in [0.25, 0.3) is 0 Å². The van der Waals surface area contributed by atoms with Gasteiger partial charge in [-0.15, -0.1) is 0 Å². The molecule has 5 nitrogen and oxygen atoms in total. The van der Waals surface area contributed by atoms with E-state index in [-0.39, 0.29) is 6.79 Å². The number of nitrogen functional groups attached to an aromatic ring is 1. The Balaban J connectivity index is 2.95. The molecule has 0 fully saturated rings. The highest BCUT2D eigenvalue weighted by molar-refractivity contribution is 5.53.